The summed E-state index contributed by atoms with van der Waals surface area (Å²) in [5, 5.41) is 0. The minimum Gasteiger partial charge on any atom is -0.497 e. The van der Waals surface area contributed by atoms with Crippen molar-refractivity contribution in [3.63, 3.8) is 0 Å². The Bertz CT molecular complexity index is 1860. The first-order chi connectivity index (χ1) is 23.8. The number of benzene rings is 5. The minimum absolute atomic E-state index is 0.0904. The lowest BCUT2D eigenvalue weighted by atomic mass is 9.84. The fourth-order valence-electron chi connectivity index (χ4n) is 5.80. The highest BCUT2D eigenvalue weighted by Crippen LogP contribution is 2.45. The van der Waals surface area contributed by atoms with Crippen molar-refractivity contribution in [2.24, 2.45) is 0 Å². The third-order valence-electron chi connectivity index (χ3n) is 8.47. The van der Waals surface area contributed by atoms with Crippen molar-refractivity contribution >= 4 is 11.6 Å². The molecule has 0 aliphatic heterocycles. The Morgan fingerprint density at radius 1 is 0.592 bits per heavy atom. The molecule has 0 saturated carbocycles. The molecule has 6 heteroatoms. The van der Waals surface area contributed by atoms with Crippen molar-refractivity contribution in [1.82, 2.24) is 0 Å². The summed E-state index contributed by atoms with van der Waals surface area (Å²) in [4.78, 5) is -1.02. The molecule has 5 rings (SSSR count). The Kier molecular flexibility index (Phi) is 11.5. The topological polar surface area (TPSA) is 46.2 Å². The normalized spacial score (nSPS) is 12.3. The highest BCUT2D eigenvalue weighted by molar-refractivity contribution is 6.28. The monoisotopic (exact) mass is 672 g/mol. The van der Waals surface area contributed by atoms with Crippen molar-refractivity contribution in [1.29, 1.82) is 0 Å². The van der Waals surface area contributed by atoms with Gasteiger partial charge in [-0.2, -0.15) is 0 Å². The van der Waals surface area contributed by atoms with Crippen LogP contribution in [0.25, 0.3) is 0 Å². The largest absolute Gasteiger partial charge is 0.497 e. The first-order valence-corrected chi connectivity index (χ1v) is 16.3. The molecule has 5 aromatic carbocycles. The van der Waals surface area contributed by atoms with Gasteiger partial charge in [0.1, 0.15) is 39.4 Å². The summed E-state index contributed by atoms with van der Waals surface area (Å²) in [7, 11) is 6.58. The van der Waals surface area contributed by atoms with Crippen LogP contribution in [0.3, 0.4) is 0 Å². The van der Waals surface area contributed by atoms with Gasteiger partial charge in [0.05, 0.1) is 28.4 Å². The molecule has 250 valence electrons. The van der Waals surface area contributed by atoms with Crippen molar-refractivity contribution in [3.8, 4) is 28.7 Å². The molecule has 0 N–H and O–H groups in total. The lowest BCUT2D eigenvalue weighted by Gasteiger charge is -2.30. The molecule has 0 aliphatic rings. The van der Waals surface area contributed by atoms with Gasteiger partial charge in [0.25, 0.3) is 0 Å². The van der Waals surface area contributed by atoms with E-state index in [2.05, 4.69) is 36.9 Å². The molecule has 0 amide bonds. The van der Waals surface area contributed by atoms with Crippen LogP contribution in [0.5, 0.6) is 28.7 Å². The van der Waals surface area contributed by atoms with Crippen molar-refractivity contribution < 1.29 is 23.7 Å². The highest BCUT2D eigenvalue weighted by Gasteiger charge is 2.34. The molecular weight excluding hydrogens is 632 g/mol. The van der Waals surface area contributed by atoms with Crippen LogP contribution in [0.2, 0.25) is 0 Å². The van der Waals surface area contributed by atoms with Gasteiger partial charge in [0, 0.05) is 5.92 Å². The van der Waals surface area contributed by atoms with E-state index in [0.29, 0.717) is 17.3 Å². The fourth-order valence-corrected chi connectivity index (χ4v) is 6.17. The van der Waals surface area contributed by atoms with Crippen LogP contribution in [0.15, 0.2) is 157 Å². The van der Waals surface area contributed by atoms with Gasteiger partial charge in [0.15, 0.2) is 0 Å². The van der Waals surface area contributed by atoms with E-state index < -0.39 is 4.87 Å². The van der Waals surface area contributed by atoms with Gasteiger partial charge in [-0.25, -0.2) is 0 Å². The lowest BCUT2D eigenvalue weighted by Crippen LogP contribution is -2.22. The Morgan fingerprint density at radius 2 is 1.10 bits per heavy atom. The smallest absolute Gasteiger partial charge is 0.127 e. The maximum Gasteiger partial charge on any atom is 0.127 e. The van der Waals surface area contributed by atoms with Gasteiger partial charge >= 0.3 is 0 Å². The number of alkyl halides is 1. The Labute approximate surface area is 294 Å². The zero-order chi connectivity index (χ0) is 34.8. The second-order valence-electron chi connectivity index (χ2n) is 11.3. The third-order valence-corrected chi connectivity index (χ3v) is 9.13. The van der Waals surface area contributed by atoms with Crippen LogP contribution in [-0.4, -0.2) is 28.4 Å². The zero-order valence-electron chi connectivity index (χ0n) is 28.5. The predicted molar refractivity (Wildman–Crippen MR) is 199 cm³/mol. The summed E-state index contributed by atoms with van der Waals surface area (Å²) in [6, 6.07) is 39.8. The van der Waals surface area contributed by atoms with Gasteiger partial charge in [-0.1, -0.05) is 79.4 Å². The van der Waals surface area contributed by atoms with Gasteiger partial charge in [-0.15, -0.1) is 11.6 Å². The summed E-state index contributed by atoms with van der Waals surface area (Å²) in [5.74, 6) is 4.14. The molecule has 0 radical (unpaired) electrons. The van der Waals surface area contributed by atoms with Crippen LogP contribution in [-0.2, 0) is 9.61 Å². The second-order valence-corrected chi connectivity index (χ2v) is 11.9. The Balaban J connectivity index is 1.53. The van der Waals surface area contributed by atoms with E-state index in [9.17, 15) is 0 Å². The van der Waals surface area contributed by atoms with E-state index >= 15 is 0 Å². The Hall–Kier alpha value is -5.39. The highest BCUT2D eigenvalue weighted by atomic mass is 35.5. The van der Waals surface area contributed by atoms with Crippen molar-refractivity contribution in [2.45, 2.75) is 17.7 Å². The molecule has 0 fully saturated rings. The standard InChI is InChI=1S/C43H41ClO5/c1-7-31(15-14-30(2)45-3)42(32-16-22-37(46-4)23-17-32)33-10-8-12-40(28-33)49-41-13-9-11-36(29-41)43(44,34-18-24-38(47-5)25-19-34)35-20-26-39(48-6)27-21-35/h7-29,42H,2H2,1,3-6H3/b15-14-,31-7+. The van der Waals surface area contributed by atoms with Gasteiger partial charge in [0.2, 0.25) is 0 Å². The molecule has 0 spiro atoms. The molecule has 0 aliphatic carbocycles. The third kappa shape index (κ3) is 8.02. The molecule has 0 saturated heterocycles. The minimum atomic E-state index is -1.02. The summed E-state index contributed by atoms with van der Waals surface area (Å²) in [6.45, 7) is 5.98. The number of ether oxygens (including phenoxy) is 5. The van der Waals surface area contributed by atoms with Crippen LogP contribution in [0.1, 0.15) is 40.7 Å². The van der Waals surface area contributed by atoms with E-state index in [-0.39, 0.29) is 5.92 Å². The quantitative estimate of drug-likeness (QED) is 0.0508. The van der Waals surface area contributed by atoms with Gasteiger partial charge in [-0.05, 0) is 107 Å². The lowest BCUT2D eigenvalue weighted by molar-refractivity contribution is 0.309. The van der Waals surface area contributed by atoms with E-state index in [4.69, 9.17) is 35.3 Å². The molecule has 0 heterocycles. The van der Waals surface area contributed by atoms with E-state index in [1.54, 1.807) is 28.4 Å². The fraction of sp³-hybridized carbons (Fsp3) is 0.163. The van der Waals surface area contributed by atoms with Crippen LogP contribution in [0.4, 0.5) is 0 Å². The SMILES string of the molecule is C=C(/C=C\C(=C/C)C(c1ccc(OC)cc1)c1cccc(Oc2cccc(C(Cl)(c3ccc(OC)cc3)c3ccc(OC)cc3)c2)c1)OC. The van der Waals surface area contributed by atoms with Crippen LogP contribution < -0.4 is 18.9 Å². The molecule has 5 aromatic rings. The molecule has 49 heavy (non-hydrogen) atoms. The maximum atomic E-state index is 7.68. The maximum absolute atomic E-state index is 7.68. The van der Waals surface area contributed by atoms with E-state index in [0.717, 1.165) is 50.6 Å². The molecule has 0 bridgehead atoms. The van der Waals surface area contributed by atoms with Gasteiger partial charge < -0.3 is 23.7 Å². The van der Waals surface area contributed by atoms with Crippen LogP contribution >= 0.6 is 11.6 Å². The summed E-state index contributed by atoms with van der Waals surface area (Å²) in [5.41, 5.74) is 5.88. The molecule has 0 aromatic heterocycles. The van der Waals surface area contributed by atoms with Crippen molar-refractivity contribution in [3.05, 3.63) is 185 Å². The number of halogens is 1. The average molecular weight is 673 g/mol. The van der Waals surface area contributed by atoms with Crippen molar-refractivity contribution in [2.75, 3.05) is 28.4 Å². The zero-order valence-corrected chi connectivity index (χ0v) is 29.2. The number of rotatable bonds is 14. The van der Waals surface area contributed by atoms with E-state index in [1.165, 1.54) is 0 Å². The van der Waals surface area contributed by atoms with Gasteiger partial charge in [-0.3, -0.25) is 0 Å². The number of hydrogen-bond donors (Lipinski definition) is 0. The second kappa shape index (κ2) is 16.1. The summed E-state index contributed by atoms with van der Waals surface area (Å²) in [6.07, 6.45) is 6.02. The summed E-state index contributed by atoms with van der Waals surface area (Å²) >= 11 is 7.68. The number of methoxy groups -OCH3 is 4. The molecule has 1 unspecified atom stereocenters. The molecule has 1 atom stereocenters. The van der Waals surface area contributed by atoms with Crippen LogP contribution in [0, 0.1) is 0 Å². The predicted octanol–water partition coefficient (Wildman–Crippen LogP) is 10.8. The Morgan fingerprint density at radius 3 is 1.61 bits per heavy atom. The molecular formula is C43H41ClO5. The molecule has 5 nitrogen and oxygen atoms in total. The summed E-state index contributed by atoms with van der Waals surface area (Å²) < 4.78 is 28.1. The average Bonchev–Trinajstić information content (AvgIpc) is 3.16. The number of hydrogen-bond acceptors (Lipinski definition) is 5. The first kappa shape index (κ1) is 34.9. The van der Waals surface area contributed by atoms with E-state index in [1.807, 2.05) is 116 Å². The number of allylic oxidation sites excluding steroid dienone is 4. The first-order valence-electron chi connectivity index (χ1n) is 15.9.